The number of nitrogens with one attached hydrogen (secondary N) is 1. The van der Waals surface area contributed by atoms with E-state index in [-0.39, 0.29) is 16.7 Å². The normalized spacial score (nSPS) is 13.2. The summed E-state index contributed by atoms with van der Waals surface area (Å²) in [6.07, 6.45) is -1.05. The van der Waals surface area contributed by atoms with Gasteiger partial charge in [-0.25, -0.2) is 0 Å². The molecule has 326 valence electrons. The maximum atomic E-state index is 12.8. The molecule has 0 aromatic carbocycles. The second-order valence-electron chi connectivity index (χ2n) is 16.2. The van der Waals surface area contributed by atoms with Crippen LogP contribution in [0.3, 0.4) is 0 Å². The van der Waals surface area contributed by atoms with Crippen LogP contribution in [0.25, 0.3) is 11.4 Å². The molecule has 0 fully saturated rings. The van der Waals surface area contributed by atoms with Crippen LogP contribution in [0.2, 0.25) is 36.3 Å². The average Bonchev–Trinajstić information content (AvgIpc) is 3.51. The molecule has 3 aromatic heterocycles. The highest BCUT2D eigenvalue weighted by molar-refractivity contribution is 6.74. The van der Waals surface area contributed by atoms with Crippen LogP contribution in [0.4, 0.5) is 26.3 Å². The molecule has 3 rings (SSSR count). The number of aliphatic hydroxyl groups is 2. The summed E-state index contributed by atoms with van der Waals surface area (Å²) in [5.74, 6) is 4.34. The van der Waals surface area contributed by atoms with Gasteiger partial charge in [0.2, 0.25) is 0 Å². The number of aliphatic hydroxyl groups excluding tert-OH is 2. The molecule has 0 aliphatic carbocycles. The van der Waals surface area contributed by atoms with Gasteiger partial charge in [-0.3, -0.25) is 25.9 Å². The molecule has 0 aliphatic rings. The smallest absolute Gasteiger partial charge is 0.408 e. The monoisotopic (exact) mass is 853 g/mol. The minimum Gasteiger partial charge on any atom is -0.412 e. The van der Waals surface area contributed by atoms with Crippen molar-refractivity contribution in [1.82, 2.24) is 30.1 Å². The molecular formula is C38H65F6N7O4Si2. The number of alkyl halides is 6. The summed E-state index contributed by atoms with van der Waals surface area (Å²) in [6.45, 7) is 22.3. The van der Waals surface area contributed by atoms with Gasteiger partial charge in [0.15, 0.2) is 16.6 Å². The van der Waals surface area contributed by atoms with Crippen molar-refractivity contribution in [2.45, 2.75) is 123 Å². The maximum absolute atomic E-state index is 12.8. The first-order valence-corrected chi connectivity index (χ1v) is 24.1. The van der Waals surface area contributed by atoms with Gasteiger partial charge in [-0.1, -0.05) is 53.7 Å². The van der Waals surface area contributed by atoms with Crippen molar-refractivity contribution in [3.8, 4) is 11.4 Å². The predicted molar refractivity (Wildman–Crippen MR) is 219 cm³/mol. The first kappa shape index (κ1) is 53.8. The van der Waals surface area contributed by atoms with Crippen molar-refractivity contribution in [1.29, 1.82) is 0 Å². The van der Waals surface area contributed by atoms with Gasteiger partial charge >= 0.3 is 12.4 Å². The molecule has 0 saturated heterocycles. The van der Waals surface area contributed by atoms with Crippen LogP contribution < -0.4 is 11.3 Å². The largest absolute Gasteiger partial charge is 0.412 e. The van der Waals surface area contributed by atoms with Crippen LogP contribution in [0, 0.1) is 0 Å². The van der Waals surface area contributed by atoms with E-state index in [0.29, 0.717) is 30.3 Å². The molecule has 0 bridgehead atoms. The summed E-state index contributed by atoms with van der Waals surface area (Å²) < 4.78 is 84.4. The number of aromatic nitrogens is 4. The molecule has 0 saturated carbocycles. The van der Waals surface area contributed by atoms with Crippen LogP contribution in [0.15, 0.2) is 61.2 Å². The van der Waals surface area contributed by atoms with Crippen LogP contribution in [-0.2, 0) is 28.6 Å². The van der Waals surface area contributed by atoms with Crippen LogP contribution >= 0.6 is 0 Å². The molecular weight excluding hydrogens is 789 g/mol. The molecule has 0 amide bonds. The molecule has 3 aromatic rings. The number of hydrogen-bond donors (Lipinski definition) is 4. The summed E-state index contributed by atoms with van der Waals surface area (Å²) in [5.41, 5.74) is 4.67. The van der Waals surface area contributed by atoms with Gasteiger partial charge < -0.3 is 24.0 Å². The predicted octanol–water partition coefficient (Wildman–Crippen LogP) is 8.75. The number of nitrogens with two attached hydrogens (primary N) is 1. The first-order valence-electron chi connectivity index (χ1n) is 18.3. The third-order valence-electron chi connectivity index (χ3n) is 9.04. The van der Waals surface area contributed by atoms with Gasteiger partial charge in [-0.2, -0.15) is 31.4 Å². The van der Waals surface area contributed by atoms with Gasteiger partial charge in [-0.05, 0) is 73.7 Å². The Morgan fingerprint density at radius 1 is 0.825 bits per heavy atom. The molecule has 57 heavy (non-hydrogen) atoms. The van der Waals surface area contributed by atoms with E-state index in [9.17, 15) is 31.4 Å². The Morgan fingerprint density at radius 3 is 1.72 bits per heavy atom. The second kappa shape index (κ2) is 23.4. The summed E-state index contributed by atoms with van der Waals surface area (Å²) in [4.78, 5) is 10.5. The summed E-state index contributed by atoms with van der Waals surface area (Å²) in [7, 11) is 0.0446. The Kier molecular flexibility index (Phi) is 22.1. The molecule has 11 nitrogen and oxygen atoms in total. The topological polar surface area (TPSA) is 144 Å². The highest BCUT2D eigenvalue weighted by atomic mass is 28.4. The molecule has 3 heterocycles. The minimum atomic E-state index is -4.34. The Bertz CT molecular complexity index is 1610. The summed E-state index contributed by atoms with van der Waals surface area (Å²) in [5, 5.41) is 21.9. The zero-order valence-electron chi connectivity index (χ0n) is 35.7. The van der Waals surface area contributed by atoms with E-state index in [1.165, 1.54) is 11.6 Å². The minimum absolute atomic E-state index is 0.0490. The van der Waals surface area contributed by atoms with Crippen LogP contribution in [0.1, 0.15) is 71.4 Å². The fourth-order valence-corrected chi connectivity index (χ4v) is 5.76. The second-order valence-corrected chi connectivity index (χ2v) is 25.8. The van der Waals surface area contributed by atoms with E-state index >= 15 is 0 Å². The number of nitrogens with zero attached hydrogens (tertiary/aromatic N) is 5. The van der Waals surface area contributed by atoms with Crippen molar-refractivity contribution < 1.29 is 45.4 Å². The molecule has 5 N–H and O–H groups in total. The van der Waals surface area contributed by atoms with Crippen molar-refractivity contribution in [3.63, 3.8) is 0 Å². The number of halogens is 6. The van der Waals surface area contributed by atoms with Gasteiger partial charge in [0.05, 0.1) is 30.3 Å². The van der Waals surface area contributed by atoms with Gasteiger partial charge in [-0.15, -0.1) is 0 Å². The quantitative estimate of drug-likeness (QED) is 0.0605. The first-order chi connectivity index (χ1) is 25.9. The third kappa shape index (κ3) is 20.9. The number of hydrazine groups is 1. The molecule has 0 radical (unpaired) electrons. The highest BCUT2D eigenvalue weighted by Gasteiger charge is 2.38. The van der Waals surface area contributed by atoms with Crippen LogP contribution in [0.5, 0.6) is 0 Å². The number of rotatable bonds is 12. The molecule has 0 aliphatic heterocycles. The summed E-state index contributed by atoms with van der Waals surface area (Å²) >= 11 is 0. The van der Waals surface area contributed by atoms with E-state index < -0.39 is 48.2 Å². The van der Waals surface area contributed by atoms with E-state index in [4.69, 9.17) is 14.0 Å². The van der Waals surface area contributed by atoms with E-state index in [2.05, 4.69) is 88.6 Å². The van der Waals surface area contributed by atoms with E-state index in [1.54, 1.807) is 37.5 Å². The van der Waals surface area contributed by atoms with Crippen LogP contribution in [-0.4, -0.2) is 91.1 Å². The van der Waals surface area contributed by atoms with Crippen molar-refractivity contribution in [3.05, 3.63) is 78.0 Å². The lowest BCUT2D eigenvalue weighted by Crippen LogP contribution is -2.40. The fraction of sp³-hybridized carbons (Fsp3) is 0.605. The Labute approximate surface area is 336 Å². The lowest BCUT2D eigenvalue weighted by atomic mass is 10.1. The highest BCUT2D eigenvalue weighted by Crippen LogP contribution is 2.38. The maximum Gasteiger partial charge on any atom is 0.408 e. The number of pyridine rings is 2. The zero-order chi connectivity index (χ0) is 44.5. The average molecular weight is 854 g/mol. The van der Waals surface area contributed by atoms with Gasteiger partial charge in [0.25, 0.3) is 0 Å². The van der Waals surface area contributed by atoms with Gasteiger partial charge in [0, 0.05) is 50.4 Å². The van der Waals surface area contributed by atoms with Crippen molar-refractivity contribution in [2.24, 2.45) is 5.84 Å². The van der Waals surface area contributed by atoms with E-state index in [1.807, 2.05) is 43.4 Å². The lowest BCUT2D eigenvalue weighted by Gasteiger charge is -2.36. The Hall–Kier alpha value is -3.18. The Balaban J connectivity index is 0.000000895. The lowest BCUT2D eigenvalue weighted by molar-refractivity contribution is -0.142. The fourth-order valence-electron chi connectivity index (χ4n) is 3.86. The number of hydrogen-bond acceptors (Lipinski definition) is 10. The third-order valence-corrected chi connectivity index (χ3v) is 18.0. The zero-order valence-corrected chi connectivity index (χ0v) is 37.7. The Morgan fingerprint density at radius 2 is 1.30 bits per heavy atom. The van der Waals surface area contributed by atoms with Crippen molar-refractivity contribution >= 4 is 16.6 Å². The standard InChI is InChI=1S/C17H24F3N3OSi.C17H30N2O2Si.C2H5F3N2.C2H6O/c1-16(2,3)25(4,5)24-11-13-7-6-9-21-15(13)14-8-10-22-23(14)12-17(18,19)20;1-17(2,3)22(6,7)21-13-14-9-8-11-18-16(14)15(20)10-12-19(4)5;3-2(4,5)1-7-6;1-2-3/h6-10H,11-12H2,1-5H3;8-12,15,20H,13H2,1-7H3;7H,1,6H2;3H,2H2,1H3/b;12-10+;;. The van der Waals surface area contributed by atoms with Gasteiger partial charge in [0.1, 0.15) is 19.2 Å². The summed E-state index contributed by atoms with van der Waals surface area (Å²) in [6, 6.07) is 9.00. The SMILES string of the molecule is CC(C)(C)[Si](C)(C)OCc1cccnc1-c1ccnn1CC(F)(F)F.CCO.CN(C)/C=C/C(O)c1ncccc1CO[Si](C)(C)C(C)(C)C.NNCC(F)(F)F. The van der Waals surface area contributed by atoms with E-state index in [0.717, 1.165) is 15.8 Å². The molecule has 0 spiro atoms. The molecule has 19 heteroatoms. The van der Waals surface area contributed by atoms with Crippen molar-refractivity contribution in [2.75, 3.05) is 27.2 Å². The molecule has 1 unspecified atom stereocenters. The molecule has 1 atom stereocenters.